The topological polar surface area (TPSA) is 32.3 Å². The van der Waals surface area contributed by atoms with Gasteiger partial charge in [-0.25, -0.2) is 0 Å². The van der Waals surface area contributed by atoms with Crippen molar-refractivity contribution in [2.24, 2.45) is 0 Å². The van der Waals surface area contributed by atoms with Gasteiger partial charge >= 0.3 is 0 Å². The summed E-state index contributed by atoms with van der Waals surface area (Å²) in [6, 6.07) is 5.44. The number of hydrogen-bond donors (Lipinski definition) is 1. The van der Waals surface area contributed by atoms with Crippen molar-refractivity contribution in [2.45, 2.75) is 19.9 Å². The minimum Gasteiger partial charge on any atom is -0.358 e. The molecule has 1 atom stereocenters. The standard InChI is InChI=1S/C11H13ClN2O/c1-3-14-7(2)11(15)13-9-6-8(12)4-5-10(9)14/h4-7H,3H2,1-2H3,(H,13,15). The Balaban J connectivity index is 2.49. The molecule has 1 amide bonds. The van der Waals surface area contributed by atoms with Crippen LogP contribution in [0.15, 0.2) is 18.2 Å². The molecule has 1 heterocycles. The van der Waals surface area contributed by atoms with Crippen LogP contribution < -0.4 is 10.2 Å². The Kier molecular flexibility index (Phi) is 2.57. The molecule has 2 rings (SSSR count). The molecule has 0 saturated heterocycles. The highest BCUT2D eigenvalue weighted by atomic mass is 35.5. The number of nitrogens with one attached hydrogen (secondary N) is 1. The summed E-state index contributed by atoms with van der Waals surface area (Å²) in [6.45, 7) is 4.74. The Morgan fingerprint density at radius 3 is 2.93 bits per heavy atom. The van der Waals surface area contributed by atoms with Gasteiger partial charge in [0.1, 0.15) is 6.04 Å². The molecule has 4 heteroatoms. The first-order valence-electron chi connectivity index (χ1n) is 5.00. The molecule has 1 aliphatic heterocycles. The van der Waals surface area contributed by atoms with Gasteiger partial charge in [-0.1, -0.05) is 11.6 Å². The van der Waals surface area contributed by atoms with E-state index in [-0.39, 0.29) is 11.9 Å². The molecule has 3 nitrogen and oxygen atoms in total. The zero-order valence-electron chi connectivity index (χ0n) is 8.75. The van der Waals surface area contributed by atoms with Crippen LogP contribution in [0.1, 0.15) is 13.8 Å². The summed E-state index contributed by atoms with van der Waals surface area (Å²) in [6.07, 6.45) is 0. The number of amides is 1. The van der Waals surface area contributed by atoms with Crippen LogP contribution in [0.25, 0.3) is 0 Å². The fraction of sp³-hybridized carbons (Fsp3) is 0.364. The number of benzene rings is 1. The average molecular weight is 225 g/mol. The van der Waals surface area contributed by atoms with E-state index in [4.69, 9.17) is 11.6 Å². The predicted octanol–water partition coefficient (Wildman–Crippen LogP) is 2.51. The largest absolute Gasteiger partial charge is 0.358 e. The Hall–Kier alpha value is -1.22. The van der Waals surface area contributed by atoms with Crippen LogP contribution in [-0.4, -0.2) is 18.5 Å². The number of rotatable bonds is 1. The van der Waals surface area contributed by atoms with Crippen LogP contribution in [-0.2, 0) is 4.79 Å². The molecule has 0 saturated carbocycles. The zero-order chi connectivity index (χ0) is 11.0. The van der Waals surface area contributed by atoms with Crippen molar-refractivity contribution in [3.63, 3.8) is 0 Å². The maximum absolute atomic E-state index is 11.6. The van der Waals surface area contributed by atoms with Crippen molar-refractivity contribution in [2.75, 3.05) is 16.8 Å². The molecule has 0 spiro atoms. The highest BCUT2D eigenvalue weighted by Crippen LogP contribution is 2.33. The molecule has 15 heavy (non-hydrogen) atoms. The van der Waals surface area contributed by atoms with Gasteiger partial charge in [0.15, 0.2) is 0 Å². The molecule has 1 aliphatic rings. The molecular formula is C11H13ClN2O. The predicted molar refractivity (Wildman–Crippen MR) is 62.6 cm³/mol. The second-order valence-electron chi connectivity index (χ2n) is 3.61. The van der Waals surface area contributed by atoms with Gasteiger partial charge in [-0.2, -0.15) is 0 Å². The molecule has 0 bridgehead atoms. The smallest absolute Gasteiger partial charge is 0.246 e. The van der Waals surface area contributed by atoms with Gasteiger partial charge in [0.05, 0.1) is 11.4 Å². The highest BCUT2D eigenvalue weighted by molar-refractivity contribution is 6.31. The number of carbonyl (C=O) groups excluding carboxylic acids is 1. The van der Waals surface area contributed by atoms with Crippen molar-refractivity contribution in [3.8, 4) is 0 Å². The summed E-state index contributed by atoms with van der Waals surface area (Å²) >= 11 is 5.88. The van der Waals surface area contributed by atoms with E-state index in [1.165, 1.54) is 0 Å². The van der Waals surface area contributed by atoms with E-state index in [0.717, 1.165) is 17.9 Å². The molecule has 0 fully saturated rings. The second kappa shape index (κ2) is 3.74. The van der Waals surface area contributed by atoms with Crippen LogP contribution >= 0.6 is 11.6 Å². The fourth-order valence-corrected chi connectivity index (χ4v) is 2.06. The van der Waals surface area contributed by atoms with Gasteiger partial charge in [-0.15, -0.1) is 0 Å². The van der Waals surface area contributed by atoms with Crippen LogP contribution in [0.2, 0.25) is 5.02 Å². The Bertz CT molecular complexity index is 406. The molecule has 0 aromatic heterocycles. The minimum absolute atomic E-state index is 0.0200. The van der Waals surface area contributed by atoms with E-state index in [1.807, 2.05) is 26.0 Å². The van der Waals surface area contributed by atoms with E-state index in [0.29, 0.717) is 5.02 Å². The number of nitrogens with zero attached hydrogens (tertiary/aromatic N) is 1. The van der Waals surface area contributed by atoms with Crippen molar-refractivity contribution in [3.05, 3.63) is 23.2 Å². The summed E-state index contributed by atoms with van der Waals surface area (Å²) < 4.78 is 0. The third-order valence-electron chi connectivity index (χ3n) is 2.71. The lowest BCUT2D eigenvalue weighted by Crippen LogP contribution is -2.46. The number of anilines is 2. The van der Waals surface area contributed by atoms with E-state index in [1.54, 1.807) is 6.07 Å². The van der Waals surface area contributed by atoms with Gasteiger partial charge in [0.2, 0.25) is 5.91 Å². The lowest BCUT2D eigenvalue weighted by atomic mass is 10.1. The van der Waals surface area contributed by atoms with Gasteiger partial charge in [-0.05, 0) is 32.0 Å². The molecule has 1 aromatic carbocycles. The molecular weight excluding hydrogens is 212 g/mol. The average Bonchev–Trinajstić information content (AvgIpc) is 2.20. The van der Waals surface area contributed by atoms with Gasteiger partial charge in [-0.3, -0.25) is 4.79 Å². The Labute approximate surface area is 94.0 Å². The maximum atomic E-state index is 11.6. The van der Waals surface area contributed by atoms with Crippen LogP contribution in [0.4, 0.5) is 11.4 Å². The van der Waals surface area contributed by atoms with Crippen molar-refractivity contribution in [1.29, 1.82) is 0 Å². The zero-order valence-corrected chi connectivity index (χ0v) is 9.51. The number of carbonyl (C=O) groups is 1. The SMILES string of the molecule is CCN1c2ccc(Cl)cc2NC(=O)C1C. The number of likely N-dealkylation sites (N-methyl/N-ethyl adjacent to an activating group) is 1. The summed E-state index contributed by atoms with van der Waals surface area (Å²) in [7, 11) is 0. The van der Waals surface area contributed by atoms with Crippen LogP contribution in [0.3, 0.4) is 0 Å². The van der Waals surface area contributed by atoms with Crippen molar-refractivity contribution >= 4 is 28.9 Å². The first kappa shape index (κ1) is 10.3. The number of fused-ring (bicyclic) bond motifs is 1. The van der Waals surface area contributed by atoms with E-state index in [2.05, 4.69) is 10.2 Å². The van der Waals surface area contributed by atoms with Gasteiger partial charge < -0.3 is 10.2 Å². The lowest BCUT2D eigenvalue weighted by Gasteiger charge is -2.35. The lowest BCUT2D eigenvalue weighted by molar-refractivity contribution is -0.117. The first-order chi connectivity index (χ1) is 7.13. The summed E-state index contributed by atoms with van der Waals surface area (Å²) in [5, 5.41) is 3.49. The van der Waals surface area contributed by atoms with Gasteiger partial charge in [0, 0.05) is 11.6 Å². The molecule has 1 unspecified atom stereocenters. The van der Waals surface area contributed by atoms with Crippen molar-refractivity contribution < 1.29 is 4.79 Å². The highest BCUT2D eigenvalue weighted by Gasteiger charge is 2.28. The summed E-state index contributed by atoms with van der Waals surface area (Å²) in [5.41, 5.74) is 1.83. The van der Waals surface area contributed by atoms with Crippen molar-refractivity contribution in [1.82, 2.24) is 0 Å². The molecule has 80 valence electrons. The third kappa shape index (κ3) is 1.67. The van der Waals surface area contributed by atoms with Crippen LogP contribution in [0, 0.1) is 0 Å². The van der Waals surface area contributed by atoms with E-state index >= 15 is 0 Å². The van der Waals surface area contributed by atoms with E-state index < -0.39 is 0 Å². The normalized spacial score (nSPS) is 19.8. The Morgan fingerprint density at radius 2 is 2.27 bits per heavy atom. The third-order valence-corrected chi connectivity index (χ3v) is 2.95. The van der Waals surface area contributed by atoms with Gasteiger partial charge in [0.25, 0.3) is 0 Å². The molecule has 0 radical (unpaired) electrons. The summed E-state index contributed by atoms with van der Waals surface area (Å²) in [4.78, 5) is 13.7. The molecule has 1 aromatic rings. The first-order valence-corrected chi connectivity index (χ1v) is 5.38. The quantitative estimate of drug-likeness (QED) is 0.795. The maximum Gasteiger partial charge on any atom is 0.246 e. The molecule has 1 N–H and O–H groups in total. The number of halogens is 1. The number of hydrogen-bond acceptors (Lipinski definition) is 2. The molecule has 0 aliphatic carbocycles. The second-order valence-corrected chi connectivity index (χ2v) is 4.05. The van der Waals surface area contributed by atoms with Crippen LogP contribution in [0.5, 0.6) is 0 Å². The summed E-state index contributed by atoms with van der Waals surface area (Å²) in [5.74, 6) is 0.0200. The minimum atomic E-state index is -0.122. The monoisotopic (exact) mass is 224 g/mol. The fourth-order valence-electron chi connectivity index (χ4n) is 1.89. The van der Waals surface area contributed by atoms with E-state index in [9.17, 15) is 4.79 Å². The Morgan fingerprint density at radius 1 is 1.53 bits per heavy atom.